The highest BCUT2D eigenvalue weighted by Gasteiger charge is 2.22. The Bertz CT molecular complexity index is 472. The van der Waals surface area contributed by atoms with Gasteiger partial charge in [0.2, 0.25) is 0 Å². The molecule has 17 heavy (non-hydrogen) atoms. The molecule has 2 atom stereocenters. The minimum Gasteiger partial charge on any atom is -0.303 e. The highest BCUT2D eigenvalue weighted by molar-refractivity contribution is 7.10. The maximum Gasteiger partial charge on any atom is 0.0391 e. The summed E-state index contributed by atoms with van der Waals surface area (Å²) < 4.78 is 0. The fourth-order valence-corrected chi connectivity index (χ4v) is 4.31. The van der Waals surface area contributed by atoms with Crippen molar-refractivity contribution in [3.05, 3.63) is 44.3 Å². The molecule has 1 unspecified atom stereocenters. The van der Waals surface area contributed by atoms with Crippen LogP contribution in [0.1, 0.15) is 47.2 Å². The summed E-state index contributed by atoms with van der Waals surface area (Å²) >= 11 is 3.76. The van der Waals surface area contributed by atoms with Gasteiger partial charge in [-0.05, 0) is 54.6 Å². The Kier molecular flexibility index (Phi) is 3.32. The number of fused-ring (bicyclic) bond motifs is 1. The molecule has 0 fully saturated rings. The maximum absolute atomic E-state index is 3.78. The van der Waals surface area contributed by atoms with Gasteiger partial charge in [0.15, 0.2) is 0 Å². The number of rotatable bonds is 3. The van der Waals surface area contributed by atoms with E-state index in [9.17, 15) is 0 Å². The van der Waals surface area contributed by atoms with E-state index in [-0.39, 0.29) is 0 Å². The zero-order valence-electron chi connectivity index (χ0n) is 9.98. The van der Waals surface area contributed by atoms with Gasteiger partial charge in [0.25, 0.3) is 0 Å². The second-order valence-electron chi connectivity index (χ2n) is 4.65. The third-order valence-electron chi connectivity index (χ3n) is 3.47. The molecular formula is C14H17NS2. The molecule has 1 aliphatic rings. The van der Waals surface area contributed by atoms with Gasteiger partial charge in [-0.2, -0.15) is 0 Å². The number of aryl methyl sites for hydroxylation is 1. The average molecular weight is 263 g/mol. The Hall–Kier alpha value is -0.640. The fraction of sp³-hybridized carbons (Fsp3) is 0.429. The molecule has 1 N–H and O–H groups in total. The maximum atomic E-state index is 3.78. The second-order valence-corrected chi connectivity index (χ2v) is 6.63. The van der Waals surface area contributed by atoms with E-state index < -0.39 is 0 Å². The van der Waals surface area contributed by atoms with Gasteiger partial charge in [-0.1, -0.05) is 6.07 Å². The molecule has 3 heteroatoms. The van der Waals surface area contributed by atoms with Gasteiger partial charge in [-0.15, -0.1) is 22.7 Å². The van der Waals surface area contributed by atoms with Crippen molar-refractivity contribution in [2.75, 3.05) is 0 Å². The van der Waals surface area contributed by atoms with Gasteiger partial charge in [0.05, 0.1) is 0 Å². The van der Waals surface area contributed by atoms with Crippen LogP contribution in [-0.4, -0.2) is 0 Å². The lowest BCUT2D eigenvalue weighted by atomic mass is 9.93. The first-order valence-corrected chi connectivity index (χ1v) is 7.96. The normalized spacial score (nSPS) is 21.1. The van der Waals surface area contributed by atoms with Gasteiger partial charge in [-0.25, -0.2) is 0 Å². The van der Waals surface area contributed by atoms with Gasteiger partial charge in [0.1, 0.15) is 0 Å². The first-order valence-electron chi connectivity index (χ1n) is 6.20. The van der Waals surface area contributed by atoms with E-state index in [1.54, 1.807) is 10.4 Å². The molecule has 2 aromatic heterocycles. The number of hydrogen-bond acceptors (Lipinski definition) is 3. The van der Waals surface area contributed by atoms with Crippen molar-refractivity contribution in [2.24, 2.45) is 0 Å². The Morgan fingerprint density at radius 1 is 1.29 bits per heavy atom. The first kappa shape index (κ1) is 11.5. The third kappa shape index (κ3) is 2.32. The van der Waals surface area contributed by atoms with Crippen molar-refractivity contribution in [3.8, 4) is 0 Å². The van der Waals surface area contributed by atoms with E-state index in [0.29, 0.717) is 12.1 Å². The van der Waals surface area contributed by atoms with Crippen LogP contribution in [0.4, 0.5) is 0 Å². The number of thiophene rings is 2. The summed E-state index contributed by atoms with van der Waals surface area (Å²) in [6, 6.07) is 7.68. The summed E-state index contributed by atoms with van der Waals surface area (Å²) in [5.74, 6) is 0. The lowest BCUT2D eigenvalue weighted by Crippen LogP contribution is -2.26. The topological polar surface area (TPSA) is 12.0 Å². The molecule has 90 valence electrons. The summed E-state index contributed by atoms with van der Waals surface area (Å²) in [4.78, 5) is 3.03. The van der Waals surface area contributed by atoms with Gasteiger partial charge >= 0.3 is 0 Å². The van der Waals surface area contributed by atoms with Crippen molar-refractivity contribution in [3.63, 3.8) is 0 Å². The average Bonchev–Trinajstić information content (AvgIpc) is 3.00. The minimum atomic E-state index is 0.464. The molecule has 0 saturated heterocycles. The molecule has 0 spiro atoms. The molecule has 0 aromatic carbocycles. The molecule has 0 saturated carbocycles. The molecule has 1 nitrogen and oxygen atoms in total. The molecular weight excluding hydrogens is 246 g/mol. The van der Waals surface area contributed by atoms with Crippen molar-refractivity contribution in [1.82, 2.24) is 5.32 Å². The van der Waals surface area contributed by atoms with Gasteiger partial charge < -0.3 is 5.32 Å². The predicted molar refractivity (Wildman–Crippen MR) is 75.9 cm³/mol. The van der Waals surface area contributed by atoms with E-state index in [2.05, 4.69) is 41.2 Å². The van der Waals surface area contributed by atoms with Crippen molar-refractivity contribution in [1.29, 1.82) is 0 Å². The highest BCUT2D eigenvalue weighted by atomic mass is 32.1. The van der Waals surface area contributed by atoms with Gasteiger partial charge in [-0.3, -0.25) is 0 Å². The van der Waals surface area contributed by atoms with E-state index in [1.165, 1.54) is 24.1 Å². The lowest BCUT2D eigenvalue weighted by molar-refractivity contribution is 0.421. The number of nitrogens with one attached hydrogen (secondary N) is 1. The molecule has 0 amide bonds. The summed E-state index contributed by atoms with van der Waals surface area (Å²) in [6.45, 7) is 2.27. The SMILES string of the molecule is C[C@@H](NC1CCCc2sccc21)c1cccs1. The highest BCUT2D eigenvalue weighted by Crippen LogP contribution is 2.35. The predicted octanol–water partition coefficient (Wildman–Crippen LogP) is 4.54. The van der Waals surface area contributed by atoms with Crippen LogP contribution in [0.25, 0.3) is 0 Å². The summed E-state index contributed by atoms with van der Waals surface area (Å²) in [7, 11) is 0. The summed E-state index contributed by atoms with van der Waals surface area (Å²) in [5, 5.41) is 8.17. The van der Waals surface area contributed by atoms with Crippen molar-refractivity contribution >= 4 is 22.7 Å². The van der Waals surface area contributed by atoms with Crippen LogP contribution in [0.3, 0.4) is 0 Å². The van der Waals surface area contributed by atoms with Crippen LogP contribution in [0, 0.1) is 0 Å². The second kappa shape index (κ2) is 4.92. The van der Waals surface area contributed by atoms with Crippen LogP contribution < -0.4 is 5.32 Å². The first-order chi connectivity index (χ1) is 8.34. The molecule has 2 aromatic rings. The lowest BCUT2D eigenvalue weighted by Gasteiger charge is -2.26. The molecule has 3 rings (SSSR count). The summed E-state index contributed by atoms with van der Waals surface area (Å²) in [5.41, 5.74) is 1.55. The molecule has 1 aliphatic carbocycles. The Morgan fingerprint density at radius 2 is 2.24 bits per heavy atom. The Morgan fingerprint density at radius 3 is 3.06 bits per heavy atom. The smallest absolute Gasteiger partial charge is 0.0391 e. The van der Waals surface area contributed by atoms with Gasteiger partial charge in [0, 0.05) is 21.8 Å². The quantitative estimate of drug-likeness (QED) is 0.857. The van der Waals surface area contributed by atoms with Crippen LogP contribution in [-0.2, 0) is 6.42 Å². The summed E-state index contributed by atoms with van der Waals surface area (Å²) in [6.07, 6.45) is 3.88. The number of hydrogen-bond donors (Lipinski definition) is 1. The van der Waals surface area contributed by atoms with Crippen molar-refractivity contribution in [2.45, 2.75) is 38.3 Å². The van der Waals surface area contributed by atoms with E-state index >= 15 is 0 Å². The van der Waals surface area contributed by atoms with E-state index in [0.717, 1.165) is 0 Å². The van der Waals surface area contributed by atoms with Crippen LogP contribution in [0.2, 0.25) is 0 Å². The Balaban J connectivity index is 1.75. The van der Waals surface area contributed by atoms with Crippen LogP contribution >= 0.6 is 22.7 Å². The Labute approximate surface area is 111 Å². The largest absolute Gasteiger partial charge is 0.303 e. The molecule has 0 bridgehead atoms. The van der Waals surface area contributed by atoms with E-state index in [1.807, 2.05) is 22.7 Å². The molecule has 2 heterocycles. The zero-order chi connectivity index (χ0) is 11.7. The zero-order valence-corrected chi connectivity index (χ0v) is 11.6. The molecule has 0 aliphatic heterocycles. The van der Waals surface area contributed by atoms with E-state index in [4.69, 9.17) is 0 Å². The minimum absolute atomic E-state index is 0.464. The fourth-order valence-electron chi connectivity index (χ4n) is 2.58. The monoisotopic (exact) mass is 263 g/mol. The van der Waals surface area contributed by atoms with Crippen LogP contribution in [0.5, 0.6) is 0 Å². The molecule has 0 radical (unpaired) electrons. The standard InChI is InChI=1S/C14H17NS2/c1-10(13-6-3-8-16-13)15-12-4-2-5-14-11(12)7-9-17-14/h3,6-10,12,15H,2,4-5H2,1H3/t10-,12?/m1/s1. The third-order valence-corrected chi connectivity index (χ3v) is 5.52. The van der Waals surface area contributed by atoms with Crippen molar-refractivity contribution < 1.29 is 0 Å². The van der Waals surface area contributed by atoms with Crippen LogP contribution in [0.15, 0.2) is 29.0 Å².